The van der Waals surface area contributed by atoms with Crippen molar-refractivity contribution in [2.24, 2.45) is 0 Å². The lowest BCUT2D eigenvalue weighted by molar-refractivity contribution is 0.217. The molecule has 0 saturated carbocycles. The van der Waals surface area contributed by atoms with Gasteiger partial charge in [0, 0.05) is 19.3 Å². The summed E-state index contributed by atoms with van der Waals surface area (Å²) in [5.74, 6) is -0.0359. The summed E-state index contributed by atoms with van der Waals surface area (Å²) in [4.78, 5) is 0. The zero-order valence-corrected chi connectivity index (χ0v) is 9.96. The molecule has 90 valence electrons. The zero-order chi connectivity index (χ0) is 12.0. The summed E-state index contributed by atoms with van der Waals surface area (Å²) < 4.78 is 30.0. The van der Waals surface area contributed by atoms with Crippen LogP contribution in [-0.4, -0.2) is 27.9 Å². The highest BCUT2D eigenvalue weighted by molar-refractivity contribution is 7.89. The zero-order valence-electron chi connectivity index (χ0n) is 9.14. The van der Waals surface area contributed by atoms with Gasteiger partial charge in [0.15, 0.2) is 0 Å². The summed E-state index contributed by atoms with van der Waals surface area (Å²) in [5, 5.41) is 0. The maximum absolute atomic E-state index is 11.4. The molecule has 0 bridgehead atoms. The molecule has 0 aromatic heterocycles. The van der Waals surface area contributed by atoms with Crippen LogP contribution in [0.15, 0.2) is 24.3 Å². The Balaban J connectivity index is 2.51. The van der Waals surface area contributed by atoms with Crippen LogP contribution in [0.5, 0.6) is 0 Å². The predicted molar refractivity (Wildman–Crippen MR) is 63.4 cm³/mol. The largest absolute Gasteiger partial charge is 0.399 e. The normalized spacial score (nSPS) is 11.6. The summed E-state index contributed by atoms with van der Waals surface area (Å²) in [7, 11) is -1.80. The van der Waals surface area contributed by atoms with Crippen molar-refractivity contribution >= 4 is 15.7 Å². The van der Waals surface area contributed by atoms with E-state index in [1.807, 2.05) is 6.07 Å². The summed E-state index contributed by atoms with van der Waals surface area (Å²) in [6.45, 7) is 0.434. The smallest absolute Gasteiger partial charge is 0.214 e. The Morgan fingerprint density at radius 1 is 1.44 bits per heavy atom. The standard InChI is InChI=1S/C10H16N2O3S/c1-15-5-6-16(13,14)12-8-9-3-2-4-10(11)7-9/h2-4,7,12H,5-6,8,11H2,1H3. The summed E-state index contributed by atoms with van der Waals surface area (Å²) in [6, 6.07) is 7.09. The van der Waals surface area contributed by atoms with Crippen LogP contribution in [0.4, 0.5) is 5.69 Å². The maximum Gasteiger partial charge on any atom is 0.214 e. The van der Waals surface area contributed by atoms with Crippen molar-refractivity contribution in [2.45, 2.75) is 6.54 Å². The lowest BCUT2D eigenvalue weighted by Crippen LogP contribution is -2.27. The Morgan fingerprint density at radius 3 is 2.81 bits per heavy atom. The van der Waals surface area contributed by atoms with Crippen LogP contribution in [-0.2, 0) is 21.3 Å². The van der Waals surface area contributed by atoms with Crippen LogP contribution >= 0.6 is 0 Å². The third kappa shape index (κ3) is 4.61. The average molecular weight is 244 g/mol. The van der Waals surface area contributed by atoms with Crippen LogP contribution < -0.4 is 10.5 Å². The first-order valence-electron chi connectivity index (χ1n) is 4.84. The van der Waals surface area contributed by atoms with E-state index in [0.29, 0.717) is 5.69 Å². The van der Waals surface area contributed by atoms with Crippen LogP contribution in [0.1, 0.15) is 5.56 Å². The van der Waals surface area contributed by atoms with E-state index in [2.05, 4.69) is 4.72 Å². The Kier molecular flexibility index (Phi) is 4.72. The number of nitrogens with two attached hydrogens (primary N) is 1. The van der Waals surface area contributed by atoms with Gasteiger partial charge in [0.2, 0.25) is 10.0 Å². The van der Waals surface area contributed by atoms with Gasteiger partial charge < -0.3 is 10.5 Å². The topological polar surface area (TPSA) is 81.4 Å². The number of methoxy groups -OCH3 is 1. The first-order chi connectivity index (χ1) is 7.53. The van der Waals surface area contributed by atoms with Crippen molar-refractivity contribution in [3.05, 3.63) is 29.8 Å². The second-order valence-electron chi connectivity index (χ2n) is 3.38. The molecule has 0 aliphatic rings. The van der Waals surface area contributed by atoms with Gasteiger partial charge in [-0.3, -0.25) is 0 Å². The molecule has 0 atom stereocenters. The minimum Gasteiger partial charge on any atom is -0.399 e. The van der Waals surface area contributed by atoms with Crippen LogP contribution in [0.25, 0.3) is 0 Å². The molecule has 0 aliphatic heterocycles. The van der Waals surface area contributed by atoms with E-state index in [1.54, 1.807) is 18.2 Å². The number of rotatable bonds is 6. The van der Waals surface area contributed by atoms with E-state index in [9.17, 15) is 8.42 Å². The number of ether oxygens (including phenoxy) is 1. The fourth-order valence-corrected chi connectivity index (χ4v) is 2.08. The molecule has 1 aromatic carbocycles. The summed E-state index contributed by atoms with van der Waals surface area (Å²) in [6.07, 6.45) is 0. The molecule has 3 N–H and O–H groups in total. The Hall–Kier alpha value is -1.11. The van der Waals surface area contributed by atoms with Crippen LogP contribution in [0, 0.1) is 0 Å². The third-order valence-corrected chi connectivity index (χ3v) is 3.29. The Labute approximate surface area is 95.7 Å². The maximum atomic E-state index is 11.4. The number of nitrogens with one attached hydrogen (secondary N) is 1. The molecule has 0 fully saturated rings. The van der Waals surface area contributed by atoms with Gasteiger partial charge in [0.1, 0.15) is 0 Å². The summed E-state index contributed by atoms with van der Waals surface area (Å²) >= 11 is 0. The molecule has 0 radical (unpaired) electrons. The quantitative estimate of drug-likeness (QED) is 0.707. The fraction of sp³-hybridized carbons (Fsp3) is 0.400. The molecular weight excluding hydrogens is 228 g/mol. The molecule has 1 aromatic rings. The number of sulfonamides is 1. The monoisotopic (exact) mass is 244 g/mol. The van der Waals surface area contributed by atoms with Crippen molar-refractivity contribution in [3.8, 4) is 0 Å². The number of anilines is 1. The van der Waals surface area contributed by atoms with Gasteiger partial charge in [-0.15, -0.1) is 0 Å². The number of hydrogen-bond donors (Lipinski definition) is 2. The van der Waals surface area contributed by atoms with Gasteiger partial charge in [0.25, 0.3) is 0 Å². The SMILES string of the molecule is COCCS(=O)(=O)NCc1cccc(N)c1. The van der Waals surface area contributed by atoms with Gasteiger partial charge >= 0.3 is 0 Å². The molecule has 0 spiro atoms. The van der Waals surface area contributed by atoms with Crippen LogP contribution in [0.3, 0.4) is 0 Å². The van der Waals surface area contributed by atoms with E-state index >= 15 is 0 Å². The van der Waals surface area contributed by atoms with Gasteiger partial charge in [-0.1, -0.05) is 12.1 Å². The molecule has 16 heavy (non-hydrogen) atoms. The third-order valence-electron chi connectivity index (χ3n) is 2.00. The minimum absolute atomic E-state index is 0.0359. The second-order valence-corrected chi connectivity index (χ2v) is 5.30. The highest BCUT2D eigenvalue weighted by atomic mass is 32.2. The highest BCUT2D eigenvalue weighted by Crippen LogP contribution is 2.06. The lowest BCUT2D eigenvalue weighted by atomic mass is 10.2. The molecule has 1 rings (SSSR count). The van der Waals surface area contributed by atoms with E-state index in [0.717, 1.165) is 5.56 Å². The van der Waals surface area contributed by atoms with E-state index < -0.39 is 10.0 Å². The molecule has 0 saturated heterocycles. The molecule has 6 heteroatoms. The van der Waals surface area contributed by atoms with Crippen molar-refractivity contribution in [2.75, 3.05) is 25.2 Å². The van der Waals surface area contributed by atoms with E-state index in [-0.39, 0.29) is 18.9 Å². The highest BCUT2D eigenvalue weighted by Gasteiger charge is 2.08. The number of nitrogen functional groups attached to an aromatic ring is 1. The first kappa shape index (κ1) is 13.0. The Bertz CT molecular complexity index is 431. The number of benzene rings is 1. The van der Waals surface area contributed by atoms with Crippen molar-refractivity contribution in [3.63, 3.8) is 0 Å². The minimum atomic E-state index is -3.27. The first-order valence-corrected chi connectivity index (χ1v) is 6.49. The van der Waals surface area contributed by atoms with E-state index in [1.165, 1.54) is 7.11 Å². The van der Waals surface area contributed by atoms with Crippen LogP contribution in [0.2, 0.25) is 0 Å². The van der Waals surface area contributed by atoms with Gasteiger partial charge in [-0.2, -0.15) is 0 Å². The second kappa shape index (κ2) is 5.83. The summed E-state index contributed by atoms with van der Waals surface area (Å²) in [5.41, 5.74) is 7.03. The molecule has 0 aliphatic carbocycles. The molecule has 0 unspecified atom stereocenters. The predicted octanol–water partition coefficient (Wildman–Crippen LogP) is 0.335. The molecule has 0 heterocycles. The lowest BCUT2D eigenvalue weighted by Gasteiger charge is -2.06. The fourth-order valence-electron chi connectivity index (χ4n) is 1.16. The van der Waals surface area contributed by atoms with Crippen molar-refractivity contribution < 1.29 is 13.2 Å². The Morgan fingerprint density at radius 2 is 2.19 bits per heavy atom. The van der Waals surface area contributed by atoms with Crippen molar-refractivity contribution in [1.82, 2.24) is 4.72 Å². The number of hydrogen-bond acceptors (Lipinski definition) is 4. The van der Waals surface area contributed by atoms with E-state index in [4.69, 9.17) is 10.5 Å². The van der Waals surface area contributed by atoms with Gasteiger partial charge in [-0.25, -0.2) is 13.1 Å². The van der Waals surface area contributed by atoms with Gasteiger partial charge in [-0.05, 0) is 17.7 Å². The van der Waals surface area contributed by atoms with Crippen molar-refractivity contribution in [1.29, 1.82) is 0 Å². The van der Waals surface area contributed by atoms with Gasteiger partial charge in [0.05, 0.1) is 12.4 Å². The molecule has 5 nitrogen and oxygen atoms in total. The molecule has 0 amide bonds. The molecular formula is C10H16N2O3S. The average Bonchev–Trinajstić information content (AvgIpc) is 2.24.